The van der Waals surface area contributed by atoms with E-state index >= 15 is 0 Å². The van der Waals surface area contributed by atoms with Gasteiger partial charge in [0.15, 0.2) is 5.96 Å². The van der Waals surface area contributed by atoms with Gasteiger partial charge in [-0.1, -0.05) is 6.92 Å². The molecule has 26 heavy (non-hydrogen) atoms. The lowest BCUT2D eigenvalue weighted by Crippen LogP contribution is -2.50. The number of nitrogens with zero attached hydrogens (tertiary/aromatic N) is 3. The summed E-state index contributed by atoms with van der Waals surface area (Å²) in [6, 6.07) is 0. The van der Waals surface area contributed by atoms with Gasteiger partial charge in [-0.25, -0.2) is 4.79 Å². The van der Waals surface area contributed by atoms with Crippen molar-refractivity contribution >= 4 is 36.0 Å². The highest BCUT2D eigenvalue weighted by molar-refractivity contribution is 14.0. The van der Waals surface area contributed by atoms with E-state index in [-0.39, 0.29) is 30.1 Å². The Morgan fingerprint density at radius 1 is 1.12 bits per heavy atom. The highest BCUT2D eigenvalue weighted by Crippen LogP contribution is 2.11. The van der Waals surface area contributed by atoms with E-state index in [9.17, 15) is 4.79 Å². The van der Waals surface area contributed by atoms with Crippen molar-refractivity contribution in [1.82, 2.24) is 20.4 Å². The third kappa shape index (κ3) is 11.1. The molecule has 0 saturated carbocycles. The van der Waals surface area contributed by atoms with E-state index in [0.717, 1.165) is 71.2 Å². The molecule has 0 atom stereocenters. The summed E-state index contributed by atoms with van der Waals surface area (Å²) >= 11 is 0. The van der Waals surface area contributed by atoms with E-state index in [2.05, 4.69) is 34.4 Å². The second-order valence-corrected chi connectivity index (χ2v) is 7.35. The summed E-state index contributed by atoms with van der Waals surface area (Å²) in [5, 5.41) is 6.64. The highest BCUT2D eigenvalue weighted by Gasteiger charge is 2.25. The molecule has 0 unspecified atom stereocenters. The molecule has 154 valence electrons. The lowest BCUT2D eigenvalue weighted by Gasteiger charge is -2.35. The third-order valence-electron chi connectivity index (χ3n) is 3.81. The molecular weight excluding hydrogens is 445 g/mol. The van der Waals surface area contributed by atoms with Gasteiger partial charge in [0.1, 0.15) is 5.60 Å². The number of halogens is 1. The summed E-state index contributed by atoms with van der Waals surface area (Å²) in [6.07, 6.45) is 1.91. The molecule has 0 aromatic carbocycles. The molecule has 0 radical (unpaired) electrons. The molecule has 1 heterocycles. The van der Waals surface area contributed by atoms with Gasteiger partial charge in [0.2, 0.25) is 0 Å². The van der Waals surface area contributed by atoms with Gasteiger partial charge in [0.25, 0.3) is 0 Å². The van der Waals surface area contributed by atoms with Crippen LogP contribution in [0, 0.1) is 0 Å². The lowest BCUT2D eigenvalue weighted by molar-refractivity contribution is 0.0145. The SMILES string of the molecule is CCCN=C(NCC)NCCCN1CCN(C(=O)OC(C)(C)C)CC1.I. The number of nitrogens with one attached hydrogen (secondary N) is 2. The fraction of sp³-hybridized carbons (Fsp3) is 0.889. The van der Waals surface area contributed by atoms with Gasteiger partial charge >= 0.3 is 6.09 Å². The maximum atomic E-state index is 12.1. The zero-order valence-electron chi connectivity index (χ0n) is 17.1. The van der Waals surface area contributed by atoms with Crippen molar-refractivity contribution in [2.45, 2.75) is 53.1 Å². The molecule has 7 nitrogen and oxygen atoms in total. The van der Waals surface area contributed by atoms with Crippen LogP contribution in [0.3, 0.4) is 0 Å². The number of rotatable bonds is 7. The fourth-order valence-electron chi connectivity index (χ4n) is 2.56. The predicted molar refractivity (Wildman–Crippen MR) is 119 cm³/mol. The molecule has 1 amide bonds. The summed E-state index contributed by atoms with van der Waals surface area (Å²) in [4.78, 5) is 20.8. The molecule has 1 aliphatic heterocycles. The van der Waals surface area contributed by atoms with Gasteiger partial charge in [-0.15, -0.1) is 24.0 Å². The van der Waals surface area contributed by atoms with Crippen molar-refractivity contribution in [3.8, 4) is 0 Å². The molecular formula is C18H38IN5O2. The zero-order chi connectivity index (χ0) is 18.7. The second kappa shape index (κ2) is 13.4. The van der Waals surface area contributed by atoms with Crippen LogP contribution in [0.1, 0.15) is 47.5 Å². The van der Waals surface area contributed by atoms with Crippen LogP contribution in [-0.4, -0.2) is 79.8 Å². The second-order valence-electron chi connectivity index (χ2n) is 7.35. The Hall–Kier alpha value is -0.770. The Morgan fingerprint density at radius 3 is 2.31 bits per heavy atom. The minimum Gasteiger partial charge on any atom is -0.444 e. The van der Waals surface area contributed by atoms with E-state index < -0.39 is 5.60 Å². The van der Waals surface area contributed by atoms with Gasteiger partial charge in [0, 0.05) is 45.8 Å². The van der Waals surface area contributed by atoms with Gasteiger partial charge in [-0.05, 0) is 47.1 Å². The summed E-state index contributed by atoms with van der Waals surface area (Å²) in [6.45, 7) is 16.9. The first-order chi connectivity index (χ1) is 11.9. The minimum absolute atomic E-state index is 0. The standard InChI is InChI=1S/C18H37N5O2.HI/c1-6-9-20-16(19-7-2)21-10-8-11-22-12-14-23(15-13-22)17(24)25-18(3,4)5;/h6-15H2,1-5H3,(H2,19,20,21);1H. The molecule has 0 aromatic rings. The molecule has 1 saturated heterocycles. The number of hydrogen-bond acceptors (Lipinski definition) is 4. The molecule has 0 aromatic heterocycles. The van der Waals surface area contributed by atoms with E-state index in [1.54, 1.807) is 4.90 Å². The molecule has 2 N–H and O–H groups in total. The van der Waals surface area contributed by atoms with Gasteiger partial charge in [-0.2, -0.15) is 0 Å². The number of guanidine groups is 1. The fourth-order valence-corrected chi connectivity index (χ4v) is 2.56. The van der Waals surface area contributed by atoms with Crippen LogP contribution in [0.4, 0.5) is 4.79 Å². The Balaban J connectivity index is 0.00000625. The molecule has 0 spiro atoms. The maximum Gasteiger partial charge on any atom is 0.410 e. The van der Waals surface area contributed by atoms with Crippen LogP contribution in [0.15, 0.2) is 4.99 Å². The molecule has 1 fully saturated rings. The van der Waals surface area contributed by atoms with Crippen LogP contribution >= 0.6 is 24.0 Å². The van der Waals surface area contributed by atoms with Gasteiger partial charge in [-0.3, -0.25) is 9.89 Å². The monoisotopic (exact) mass is 483 g/mol. The Morgan fingerprint density at radius 2 is 1.77 bits per heavy atom. The Kier molecular flexibility index (Phi) is 13.0. The summed E-state index contributed by atoms with van der Waals surface area (Å²) < 4.78 is 5.43. The first-order valence-corrected chi connectivity index (χ1v) is 9.58. The summed E-state index contributed by atoms with van der Waals surface area (Å²) in [5.41, 5.74) is -0.427. The van der Waals surface area contributed by atoms with E-state index in [1.807, 2.05) is 20.8 Å². The highest BCUT2D eigenvalue weighted by atomic mass is 127. The van der Waals surface area contributed by atoms with Crippen LogP contribution in [0.2, 0.25) is 0 Å². The lowest BCUT2D eigenvalue weighted by atomic mass is 10.2. The van der Waals surface area contributed by atoms with E-state index in [4.69, 9.17) is 4.74 Å². The minimum atomic E-state index is -0.427. The van der Waals surface area contributed by atoms with E-state index in [1.165, 1.54) is 0 Å². The molecule has 1 rings (SSSR count). The normalized spacial score (nSPS) is 16.0. The Labute approximate surface area is 176 Å². The first kappa shape index (κ1) is 25.2. The van der Waals surface area contributed by atoms with E-state index in [0.29, 0.717) is 0 Å². The third-order valence-corrected chi connectivity index (χ3v) is 3.81. The number of aliphatic imine (C=N–C) groups is 1. The average molecular weight is 483 g/mol. The smallest absolute Gasteiger partial charge is 0.410 e. The molecule has 8 heteroatoms. The number of hydrogen-bond donors (Lipinski definition) is 2. The number of amides is 1. The summed E-state index contributed by atoms with van der Waals surface area (Å²) in [7, 11) is 0. The number of carbonyl (C=O) groups excluding carboxylic acids is 1. The molecule has 1 aliphatic rings. The van der Waals surface area contributed by atoms with Crippen molar-refractivity contribution in [2.24, 2.45) is 4.99 Å². The van der Waals surface area contributed by atoms with Crippen LogP contribution in [-0.2, 0) is 4.74 Å². The topological polar surface area (TPSA) is 69.2 Å². The first-order valence-electron chi connectivity index (χ1n) is 9.58. The number of piperazine rings is 1. The van der Waals surface area contributed by atoms with Crippen molar-refractivity contribution in [2.75, 3.05) is 52.4 Å². The van der Waals surface area contributed by atoms with Crippen molar-refractivity contribution < 1.29 is 9.53 Å². The van der Waals surface area contributed by atoms with Crippen LogP contribution in [0.5, 0.6) is 0 Å². The number of carbonyl (C=O) groups is 1. The van der Waals surface area contributed by atoms with Crippen molar-refractivity contribution in [3.05, 3.63) is 0 Å². The van der Waals surface area contributed by atoms with Gasteiger partial charge < -0.3 is 20.3 Å². The maximum absolute atomic E-state index is 12.1. The van der Waals surface area contributed by atoms with Crippen molar-refractivity contribution in [3.63, 3.8) is 0 Å². The van der Waals surface area contributed by atoms with Crippen LogP contribution in [0.25, 0.3) is 0 Å². The predicted octanol–water partition coefficient (Wildman–Crippen LogP) is 2.51. The largest absolute Gasteiger partial charge is 0.444 e. The molecule has 0 bridgehead atoms. The summed E-state index contributed by atoms with van der Waals surface area (Å²) in [5.74, 6) is 0.902. The van der Waals surface area contributed by atoms with Gasteiger partial charge in [0.05, 0.1) is 0 Å². The van der Waals surface area contributed by atoms with Crippen molar-refractivity contribution in [1.29, 1.82) is 0 Å². The average Bonchev–Trinajstić information content (AvgIpc) is 2.55. The number of ether oxygens (including phenoxy) is 1. The van der Waals surface area contributed by atoms with Crippen LogP contribution < -0.4 is 10.6 Å². The Bertz CT molecular complexity index is 418. The molecule has 0 aliphatic carbocycles. The zero-order valence-corrected chi connectivity index (χ0v) is 19.5. The quantitative estimate of drug-likeness (QED) is 0.252.